The van der Waals surface area contributed by atoms with Crippen LogP contribution in [0.25, 0.3) is 10.9 Å². The summed E-state index contributed by atoms with van der Waals surface area (Å²) in [5.41, 5.74) is 0.977. The monoisotopic (exact) mass is 527 g/mol. The van der Waals surface area contributed by atoms with E-state index in [0.29, 0.717) is 46.8 Å². The van der Waals surface area contributed by atoms with Gasteiger partial charge in [0.2, 0.25) is 5.91 Å². The summed E-state index contributed by atoms with van der Waals surface area (Å²) in [5, 5.41) is 4.16. The number of ketones is 2. The number of amides is 2. The predicted molar refractivity (Wildman–Crippen MR) is 140 cm³/mol. The Labute approximate surface area is 221 Å². The highest BCUT2D eigenvalue weighted by Gasteiger charge is 2.50. The summed E-state index contributed by atoms with van der Waals surface area (Å²) >= 11 is 6.38. The summed E-state index contributed by atoms with van der Waals surface area (Å²) in [4.78, 5) is 57.4. The molecule has 0 bridgehead atoms. The van der Waals surface area contributed by atoms with Gasteiger partial charge in [-0.05, 0) is 62.1 Å². The first-order valence-corrected chi connectivity index (χ1v) is 13.7. The molecule has 198 valence electrons. The lowest BCUT2D eigenvalue weighted by atomic mass is 9.91. The van der Waals surface area contributed by atoms with Crippen molar-refractivity contribution in [2.75, 3.05) is 13.7 Å². The lowest BCUT2D eigenvalue weighted by Crippen LogP contribution is -2.53. The summed E-state index contributed by atoms with van der Waals surface area (Å²) < 4.78 is 5.43. The Balaban J connectivity index is 1.41. The topological polar surface area (TPSA) is 109 Å². The van der Waals surface area contributed by atoms with Gasteiger partial charge in [-0.1, -0.05) is 24.9 Å². The van der Waals surface area contributed by atoms with Crippen molar-refractivity contribution >= 4 is 45.9 Å². The standard InChI is InChI=1S/C28H34ClN3O5/c1-3-22(33)20(12-15-6-5-9-23(15)34)31-27(35)26-17-8-4-7-16(17)14-32(26)28(36)21-13-18-19(29)10-11-24(37-2)25(18)30-21/h10-11,13,15-17,20,26,30H,3-9,12,14H2,1-2H3,(H,31,35)/t15-,16-,17-,20-,26-/m0/s1. The molecule has 2 saturated carbocycles. The van der Waals surface area contributed by atoms with E-state index < -0.39 is 12.1 Å². The van der Waals surface area contributed by atoms with E-state index in [4.69, 9.17) is 16.3 Å². The van der Waals surface area contributed by atoms with Gasteiger partial charge in [0.25, 0.3) is 5.91 Å². The summed E-state index contributed by atoms with van der Waals surface area (Å²) in [5.74, 6) is 0.213. The number of Topliss-reactive ketones (excluding diaryl/α,β-unsaturated/α-hetero) is 2. The predicted octanol–water partition coefficient (Wildman–Crippen LogP) is 4.29. The van der Waals surface area contributed by atoms with Gasteiger partial charge in [-0.15, -0.1) is 0 Å². The van der Waals surface area contributed by atoms with Gasteiger partial charge in [0, 0.05) is 30.7 Å². The molecular formula is C28H34ClN3O5. The first-order chi connectivity index (χ1) is 17.8. The number of H-pyrrole nitrogens is 1. The molecule has 0 spiro atoms. The van der Waals surface area contributed by atoms with Crippen LogP contribution >= 0.6 is 11.6 Å². The van der Waals surface area contributed by atoms with Gasteiger partial charge in [0.15, 0.2) is 5.78 Å². The van der Waals surface area contributed by atoms with Gasteiger partial charge in [0.1, 0.15) is 23.3 Å². The fourth-order valence-electron chi connectivity index (χ4n) is 6.65. The Bertz CT molecular complexity index is 1240. The van der Waals surface area contributed by atoms with Gasteiger partial charge in [-0.3, -0.25) is 19.2 Å². The number of nitrogens with one attached hydrogen (secondary N) is 2. The van der Waals surface area contributed by atoms with Gasteiger partial charge in [0.05, 0.1) is 23.7 Å². The third-order valence-corrected chi connectivity index (χ3v) is 8.91. The Morgan fingerprint density at radius 3 is 2.73 bits per heavy atom. The summed E-state index contributed by atoms with van der Waals surface area (Å²) in [6.45, 7) is 2.26. The molecule has 5 rings (SSSR count). The molecule has 2 heterocycles. The van der Waals surface area contributed by atoms with Crippen LogP contribution in [-0.4, -0.2) is 59.0 Å². The fraction of sp³-hybridized carbons (Fsp3) is 0.571. The highest BCUT2D eigenvalue weighted by molar-refractivity contribution is 6.35. The summed E-state index contributed by atoms with van der Waals surface area (Å²) in [6.07, 6.45) is 5.61. The fourth-order valence-corrected chi connectivity index (χ4v) is 6.86. The van der Waals surface area contributed by atoms with Gasteiger partial charge in [-0.2, -0.15) is 0 Å². The van der Waals surface area contributed by atoms with E-state index in [0.717, 1.165) is 32.1 Å². The maximum atomic E-state index is 13.8. The largest absolute Gasteiger partial charge is 0.495 e. The number of nitrogens with zero attached hydrogens (tertiary/aromatic N) is 1. The Hall–Kier alpha value is -2.87. The van der Waals surface area contributed by atoms with Crippen molar-refractivity contribution in [3.63, 3.8) is 0 Å². The number of hydrogen-bond donors (Lipinski definition) is 2. The molecule has 1 aromatic carbocycles. The Morgan fingerprint density at radius 1 is 1.22 bits per heavy atom. The van der Waals surface area contributed by atoms with E-state index in [2.05, 4.69) is 10.3 Å². The van der Waals surface area contributed by atoms with Crippen LogP contribution in [0, 0.1) is 17.8 Å². The van der Waals surface area contributed by atoms with Crippen molar-refractivity contribution in [2.45, 2.75) is 70.4 Å². The van der Waals surface area contributed by atoms with Crippen LogP contribution in [0.1, 0.15) is 68.8 Å². The van der Waals surface area contributed by atoms with E-state index in [1.54, 1.807) is 37.1 Å². The Kier molecular flexibility index (Phi) is 7.30. The van der Waals surface area contributed by atoms with Gasteiger partial charge in [-0.25, -0.2) is 0 Å². The molecule has 2 aliphatic carbocycles. The minimum absolute atomic E-state index is 0.0527. The molecule has 37 heavy (non-hydrogen) atoms. The molecule has 0 unspecified atom stereocenters. The molecule has 2 amide bonds. The number of fused-ring (bicyclic) bond motifs is 2. The molecule has 2 aromatic rings. The molecule has 1 saturated heterocycles. The van der Waals surface area contributed by atoms with Crippen LogP contribution < -0.4 is 10.1 Å². The van der Waals surface area contributed by atoms with Crippen molar-refractivity contribution in [3.8, 4) is 5.75 Å². The number of carbonyl (C=O) groups is 4. The first kappa shape index (κ1) is 25.8. The molecule has 3 aliphatic rings. The Morgan fingerprint density at radius 2 is 2.03 bits per heavy atom. The number of rotatable bonds is 8. The van der Waals surface area contributed by atoms with E-state index in [1.807, 2.05) is 0 Å². The van der Waals surface area contributed by atoms with Gasteiger partial charge < -0.3 is 19.9 Å². The number of likely N-dealkylation sites (tertiary alicyclic amines) is 1. The average molecular weight is 528 g/mol. The van der Waals surface area contributed by atoms with Crippen molar-refractivity contribution < 1.29 is 23.9 Å². The second-order valence-electron chi connectivity index (χ2n) is 10.7. The molecular weight excluding hydrogens is 494 g/mol. The lowest BCUT2D eigenvalue weighted by molar-refractivity contribution is -0.131. The number of hydrogen-bond acceptors (Lipinski definition) is 5. The average Bonchev–Trinajstić information content (AvgIpc) is 3.67. The molecule has 3 fully saturated rings. The molecule has 1 aliphatic heterocycles. The minimum atomic E-state index is -0.710. The number of aromatic amines is 1. The third kappa shape index (κ3) is 4.76. The molecule has 5 atom stereocenters. The number of carbonyl (C=O) groups excluding carboxylic acids is 4. The maximum Gasteiger partial charge on any atom is 0.271 e. The van der Waals surface area contributed by atoms with Crippen molar-refractivity contribution in [3.05, 3.63) is 28.9 Å². The lowest BCUT2D eigenvalue weighted by Gasteiger charge is -2.29. The number of halogens is 1. The molecule has 2 N–H and O–H groups in total. The van der Waals surface area contributed by atoms with Crippen LogP contribution in [-0.2, 0) is 14.4 Å². The van der Waals surface area contributed by atoms with Crippen LogP contribution in [0.4, 0.5) is 0 Å². The quantitative estimate of drug-likeness (QED) is 0.532. The number of aromatic nitrogens is 1. The summed E-state index contributed by atoms with van der Waals surface area (Å²) in [7, 11) is 1.56. The van der Waals surface area contributed by atoms with Crippen molar-refractivity contribution in [1.29, 1.82) is 0 Å². The van der Waals surface area contributed by atoms with Crippen molar-refractivity contribution in [2.24, 2.45) is 17.8 Å². The normalized spacial score (nSPS) is 25.9. The highest BCUT2D eigenvalue weighted by Crippen LogP contribution is 2.43. The van der Waals surface area contributed by atoms with Crippen LogP contribution in [0.3, 0.4) is 0 Å². The molecule has 8 nitrogen and oxygen atoms in total. The zero-order valence-corrected chi connectivity index (χ0v) is 22.1. The van der Waals surface area contributed by atoms with E-state index in [-0.39, 0.29) is 47.6 Å². The van der Waals surface area contributed by atoms with Crippen LogP contribution in [0.2, 0.25) is 5.02 Å². The zero-order valence-electron chi connectivity index (χ0n) is 21.3. The van der Waals surface area contributed by atoms with E-state index in [9.17, 15) is 19.2 Å². The number of benzene rings is 1. The van der Waals surface area contributed by atoms with E-state index in [1.165, 1.54) is 0 Å². The molecule has 9 heteroatoms. The molecule has 0 radical (unpaired) electrons. The molecule has 1 aromatic heterocycles. The SMILES string of the molecule is CCC(=O)[C@H](C[C@@H]1CCCC1=O)NC(=O)[C@@H]1[C@H]2CCC[C@H]2CN1C(=O)c1cc2c(Cl)ccc(OC)c2[nH]1. The second kappa shape index (κ2) is 10.5. The number of methoxy groups -OCH3 is 1. The highest BCUT2D eigenvalue weighted by atomic mass is 35.5. The third-order valence-electron chi connectivity index (χ3n) is 8.58. The van der Waals surface area contributed by atoms with E-state index >= 15 is 0 Å². The second-order valence-corrected chi connectivity index (χ2v) is 11.1. The van der Waals surface area contributed by atoms with Gasteiger partial charge >= 0.3 is 0 Å². The smallest absolute Gasteiger partial charge is 0.271 e. The first-order valence-electron chi connectivity index (χ1n) is 13.3. The van der Waals surface area contributed by atoms with Crippen LogP contribution in [0.15, 0.2) is 18.2 Å². The maximum absolute atomic E-state index is 13.8. The minimum Gasteiger partial charge on any atom is -0.495 e. The number of ether oxygens (including phenoxy) is 1. The van der Waals surface area contributed by atoms with Crippen LogP contribution in [0.5, 0.6) is 5.75 Å². The van der Waals surface area contributed by atoms with Crippen molar-refractivity contribution in [1.82, 2.24) is 15.2 Å². The summed E-state index contributed by atoms with van der Waals surface area (Å²) in [6, 6.07) is 3.81. The zero-order chi connectivity index (χ0) is 26.3.